The first-order chi connectivity index (χ1) is 8.93. The summed E-state index contributed by atoms with van der Waals surface area (Å²) in [5.74, 6) is -0.150. The fourth-order valence-electron chi connectivity index (χ4n) is 1.62. The molecule has 3 N–H and O–H groups in total. The second-order valence-corrected chi connectivity index (χ2v) is 6.31. The molecule has 1 aromatic heterocycles. The first kappa shape index (κ1) is 15.9. The minimum absolute atomic E-state index is 0.150. The molecule has 1 aromatic rings. The number of thiocarbonyl (C=S) groups is 1. The van der Waals surface area contributed by atoms with Crippen molar-refractivity contribution in [1.29, 1.82) is 0 Å². The monoisotopic (exact) mass is 299 g/mol. The van der Waals surface area contributed by atoms with Crippen LogP contribution in [0, 0.1) is 6.92 Å². The lowest BCUT2D eigenvalue weighted by Crippen LogP contribution is -2.48. The molecule has 0 bridgehead atoms. The summed E-state index contributed by atoms with van der Waals surface area (Å²) in [6.07, 6.45) is 2.09. The quantitative estimate of drug-likeness (QED) is 0.591. The average Bonchev–Trinajstić information content (AvgIpc) is 2.68. The van der Waals surface area contributed by atoms with Crippen molar-refractivity contribution in [1.82, 2.24) is 16.2 Å². The van der Waals surface area contributed by atoms with Crippen molar-refractivity contribution in [3.05, 3.63) is 21.4 Å². The van der Waals surface area contributed by atoms with Crippen molar-refractivity contribution in [2.24, 2.45) is 0 Å². The molecule has 0 fully saturated rings. The number of hydrogen-bond donors (Lipinski definition) is 3. The molecule has 1 rings (SSSR count). The van der Waals surface area contributed by atoms with Crippen LogP contribution in [0.3, 0.4) is 0 Å². The number of hydrogen-bond acceptors (Lipinski definition) is 3. The van der Waals surface area contributed by atoms with Crippen LogP contribution in [0.2, 0.25) is 0 Å². The minimum atomic E-state index is -0.150. The maximum absolute atomic E-state index is 12.0. The van der Waals surface area contributed by atoms with E-state index in [1.54, 1.807) is 0 Å². The maximum atomic E-state index is 12.0. The Bertz CT molecular complexity index is 455. The molecule has 0 aliphatic heterocycles. The van der Waals surface area contributed by atoms with Gasteiger partial charge in [0.1, 0.15) is 0 Å². The van der Waals surface area contributed by atoms with E-state index in [-0.39, 0.29) is 11.9 Å². The predicted octanol–water partition coefficient (Wildman–Crippen LogP) is 2.53. The molecule has 0 aliphatic rings. The van der Waals surface area contributed by atoms with Gasteiger partial charge >= 0.3 is 0 Å². The Hall–Kier alpha value is -1.14. The van der Waals surface area contributed by atoms with Crippen LogP contribution in [0.15, 0.2) is 6.07 Å². The zero-order valence-electron chi connectivity index (χ0n) is 11.8. The zero-order chi connectivity index (χ0) is 14.4. The average molecular weight is 299 g/mol. The van der Waals surface area contributed by atoms with E-state index < -0.39 is 0 Å². The van der Waals surface area contributed by atoms with Crippen molar-refractivity contribution in [2.45, 2.75) is 46.6 Å². The van der Waals surface area contributed by atoms with Crippen LogP contribution in [0.25, 0.3) is 0 Å². The smallest absolute Gasteiger partial charge is 0.279 e. The number of rotatable bonds is 4. The topological polar surface area (TPSA) is 53.2 Å². The fourth-order valence-corrected chi connectivity index (χ4v) is 2.88. The Kier molecular flexibility index (Phi) is 6.24. The van der Waals surface area contributed by atoms with Gasteiger partial charge in [0.2, 0.25) is 0 Å². The van der Waals surface area contributed by atoms with Crippen molar-refractivity contribution in [2.75, 3.05) is 0 Å². The Labute approximate surface area is 123 Å². The van der Waals surface area contributed by atoms with Crippen molar-refractivity contribution in [3.63, 3.8) is 0 Å². The second-order valence-electron chi connectivity index (χ2n) is 4.65. The Morgan fingerprint density at radius 2 is 2.11 bits per heavy atom. The lowest BCUT2D eigenvalue weighted by atomic mass is 10.1. The first-order valence-corrected chi connectivity index (χ1v) is 7.62. The number of carbonyl (C=O) groups excluding carboxylic acids is 1. The van der Waals surface area contributed by atoms with Gasteiger partial charge in [-0.25, -0.2) is 0 Å². The van der Waals surface area contributed by atoms with Crippen LogP contribution >= 0.6 is 23.6 Å². The van der Waals surface area contributed by atoms with Crippen molar-refractivity contribution < 1.29 is 4.79 Å². The third kappa shape index (κ3) is 5.16. The van der Waals surface area contributed by atoms with Crippen LogP contribution in [-0.4, -0.2) is 17.1 Å². The third-order valence-electron chi connectivity index (χ3n) is 2.47. The summed E-state index contributed by atoms with van der Waals surface area (Å²) in [5, 5.41) is 3.42. The summed E-state index contributed by atoms with van der Waals surface area (Å²) >= 11 is 6.55. The van der Waals surface area contributed by atoms with Gasteiger partial charge in [-0.15, -0.1) is 11.3 Å². The maximum Gasteiger partial charge on any atom is 0.279 e. The van der Waals surface area contributed by atoms with Gasteiger partial charge < -0.3 is 5.32 Å². The molecule has 0 spiro atoms. The van der Waals surface area contributed by atoms with Crippen LogP contribution in [-0.2, 0) is 6.42 Å². The summed E-state index contributed by atoms with van der Waals surface area (Å²) in [7, 11) is 0. The molecule has 0 unspecified atom stereocenters. The van der Waals surface area contributed by atoms with Gasteiger partial charge in [-0.1, -0.05) is 13.3 Å². The van der Waals surface area contributed by atoms with Crippen molar-refractivity contribution >= 4 is 34.6 Å². The predicted molar refractivity (Wildman–Crippen MR) is 84.5 cm³/mol. The zero-order valence-corrected chi connectivity index (χ0v) is 13.4. The number of hydrazine groups is 1. The second kappa shape index (κ2) is 7.45. The standard InChI is InChI=1S/C13H21N3OS2/c1-5-6-10-7-11(19-9(10)4)12(17)15-16-13(18)14-8(2)3/h7-8H,5-6H2,1-4H3,(H,15,17)(H2,14,16,18). The molecule has 0 atom stereocenters. The molecule has 4 nitrogen and oxygen atoms in total. The van der Waals surface area contributed by atoms with Gasteiger partial charge in [0.25, 0.3) is 5.91 Å². The number of aryl methyl sites for hydroxylation is 2. The summed E-state index contributed by atoms with van der Waals surface area (Å²) in [4.78, 5) is 13.9. The molecule has 19 heavy (non-hydrogen) atoms. The van der Waals surface area contributed by atoms with E-state index in [4.69, 9.17) is 12.2 Å². The largest absolute Gasteiger partial charge is 0.359 e. The van der Waals surface area contributed by atoms with E-state index in [0.717, 1.165) is 12.8 Å². The first-order valence-electron chi connectivity index (χ1n) is 6.40. The number of nitrogens with one attached hydrogen (secondary N) is 3. The number of thiophene rings is 1. The summed E-state index contributed by atoms with van der Waals surface area (Å²) in [5.41, 5.74) is 6.56. The highest BCUT2D eigenvalue weighted by Crippen LogP contribution is 2.22. The van der Waals surface area contributed by atoms with E-state index in [2.05, 4.69) is 23.1 Å². The summed E-state index contributed by atoms with van der Waals surface area (Å²) < 4.78 is 0. The molecule has 1 heterocycles. The van der Waals surface area contributed by atoms with E-state index in [1.807, 2.05) is 26.8 Å². The van der Waals surface area contributed by atoms with Gasteiger partial charge in [0.15, 0.2) is 5.11 Å². The fraction of sp³-hybridized carbons (Fsp3) is 0.538. The normalized spacial score (nSPS) is 10.4. The summed E-state index contributed by atoms with van der Waals surface area (Å²) in [6.45, 7) is 8.14. The Morgan fingerprint density at radius 3 is 2.68 bits per heavy atom. The van der Waals surface area contributed by atoms with Crippen LogP contribution in [0.1, 0.15) is 47.3 Å². The molecular weight excluding hydrogens is 278 g/mol. The molecule has 0 saturated carbocycles. The van der Waals surface area contributed by atoms with Crippen LogP contribution in [0.4, 0.5) is 0 Å². The molecule has 0 saturated heterocycles. The lowest BCUT2D eigenvalue weighted by Gasteiger charge is -2.13. The van der Waals surface area contributed by atoms with Crippen molar-refractivity contribution in [3.8, 4) is 0 Å². The highest BCUT2D eigenvalue weighted by molar-refractivity contribution is 7.80. The van der Waals surface area contributed by atoms with E-state index in [1.165, 1.54) is 21.8 Å². The molecule has 0 aromatic carbocycles. The SMILES string of the molecule is CCCc1cc(C(=O)NNC(=S)NC(C)C)sc1C. The van der Waals surface area contributed by atoms with Crippen LogP contribution < -0.4 is 16.2 Å². The molecule has 0 radical (unpaired) electrons. The van der Waals surface area contributed by atoms with Gasteiger partial charge in [0, 0.05) is 10.9 Å². The summed E-state index contributed by atoms with van der Waals surface area (Å²) in [6, 6.07) is 2.19. The lowest BCUT2D eigenvalue weighted by molar-refractivity contribution is 0.0947. The van der Waals surface area contributed by atoms with E-state index >= 15 is 0 Å². The highest BCUT2D eigenvalue weighted by atomic mass is 32.1. The molecule has 0 aliphatic carbocycles. The molecule has 1 amide bonds. The molecule has 6 heteroatoms. The van der Waals surface area contributed by atoms with Gasteiger partial charge in [-0.2, -0.15) is 0 Å². The molecular formula is C13H21N3OS2. The molecule has 106 valence electrons. The Morgan fingerprint density at radius 1 is 1.42 bits per heavy atom. The van der Waals surface area contributed by atoms with Gasteiger partial charge in [-0.3, -0.25) is 15.6 Å². The van der Waals surface area contributed by atoms with E-state index in [0.29, 0.717) is 9.99 Å². The van der Waals surface area contributed by atoms with Gasteiger partial charge in [0.05, 0.1) is 4.88 Å². The minimum Gasteiger partial charge on any atom is -0.359 e. The number of carbonyl (C=O) groups is 1. The third-order valence-corrected chi connectivity index (χ3v) is 3.78. The number of amides is 1. The highest BCUT2D eigenvalue weighted by Gasteiger charge is 2.12. The van der Waals surface area contributed by atoms with E-state index in [9.17, 15) is 4.79 Å². The van der Waals surface area contributed by atoms with Gasteiger partial charge in [-0.05, 0) is 51.0 Å². The van der Waals surface area contributed by atoms with Crippen LogP contribution in [0.5, 0.6) is 0 Å². The Balaban J connectivity index is 2.54.